The Kier molecular flexibility index (Phi) is 3.17. The third-order valence-corrected chi connectivity index (χ3v) is 3.44. The number of anilines is 1. The molecule has 0 bridgehead atoms. The van der Waals surface area contributed by atoms with Crippen molar-refractivity contribution in [3.63, 3.8) is 0 Å². The number of hydrogen-bond acceptors (Lipinski definition) is 2. The summed E-state index contributed by atoms with van der Waals surface area (Å²) in [5.74, 6) is -1.02. The van der Waals surface area contributed by atoms with Crippen molar-refractivity contribution >= 4 is 17.6 Å². The van der Waals surface area contributed by atoms with Gasteiger partial charge in [0.2, 0.25) is 0 Å². The van der Waals surface area contributed by atoms with Crippen LogP contribution in [-0.4, -0.2) is 11.9 Å². The van der Waals surface area contributed by atoms with Gasteiger partial charge in [-0.1, -0.05) is 35.9 Å². The average Bonchev–Trinajstić information content (AvgIpc) is 2.77. The van der Waals surface area contributed by atoms with Crippen LogP contribution in [0.3, 0.4) is 0 Å². The first-order valence-corrected chi connectivity index (χ1v) is 6.53. The fraction of sp³-hybridized carbons (Fsp3) is 0.125. The minimum Gasteiger partial charge on any atom is -0.277 e. The van der Waals surface area contributed by atoms with E-state index in [2.05, 4.69) is 5.32 Å². The number of rotatable bonds is 2. The number of halogens is 1. The molecule has 0 aromatic heterocycles. The molecule has 1 atom stereocenters. The zero-order valence-corrected chi connectivity index (χ0v) is 11.3. The molecule has 1 aliphatic rings. The lowest BCUT2D eigenvalue weighted by Gasteiger charge is -2.22. The highest BCUT2D eigenvalue weighted by molar-refractivity contribution is 6.14. The zero-order valence-electron chi connectivity index (χ0n) is 11.3. The van der Waals surface area contributed by atoms with Gasteiger partial charge in [0.25, 0.3) is 5.91 Å². The molecule has 106 valence electrons. The quantitative estimate of drug-likeness (QED) is 0.862. The van der Waals surface area contributed by atoms with E-state index in [4.69, 9.17) is 0 Å². The van der Waals surface area contributed by atoms with Crippen LogP contribution in [0.25, 0.3) is 0 Å². The van der Waals surface area contributed by atoms with Crippen LogP contribution in [-0.2, 0) is 4.79 Å². The predicted octanol–water partition coefficient (Wildman–Crippen LogP) is 2.93. The number of benzene rings is 2. The van der Waals surface area contributed by atoms with Crippen LogP contribution in [0.2, 0.25) is 0 Å². The molecular formula is C16H13FN2O2. The standard InChI is InChI=1S/C16H13FN2O2/c1-10-7-8-13(17)12(9-10)14-15(20)18-16(21)19(14)11-5-3-2-4-6-11/h2-9,14H,1H3,(H,18,20,21). The van der Waals surface area contributed by atoms with Crippen LogP contribution in [0.15, 0.2) is 48.5 Å². The molecule has 3 rings (SSSR count). The summed E-state index contributed by atoms with van der Waals surface area (Å²) >= 11 is 0. The minimum atomic E-state index is -0.986. The maximum absolute atomic E-state index is 14.1. The largest absolute Gasteiger partial charge is 0.329 e. The normalized spacial score (nSPS) is 18.0. The van der Waals surface area contributed by atoms with Gasteiger partial charge in [-0.25, -0.2) is 9.18 Å². The van der Waals surface area contributed by atoms with Gasteiger partial charge >= 0.3 is 6.03 Å². The molecule has 1 unspecified atom stereocenters. The summed E-state index contributed by atoms with van der Waals surface area (Å²) in [7, 11) is 0. The summed E-state index contributed by atoms with van der Waals surface area (Å²) in [5, 5.41) is 2.24. The number of hydrogen-bond donors (Lipinski definition) is 1. The second kappa shape index (κ2) is 5.01. The fourth-order valence-corrected chi connectivity index (χ4v) is 2.48. The van der Waals surface area contributed by atoms with Gasteiger partial charge in [0, 0.05) is 11.3 Å². The number of para-hydroxylation sites is 1. The molecule has 1 heterocycles. The Morgan fingerprint density at radius 3 is 2.52 bits per heavy atom. The third kappa shape index (κ3) is 2.27. The molecule has 1 N–H and O–H groups in total. The Bertz CT molecular complexity index is 715. The molecule has 5 heteroatoms. The Labute approximate surface area is 121 Å². The predicted molar refractivity (Wildman–Crippen MR) is 76.3 cm³/mol. The summed E-state index contributed by atoms with van der Waals surface area (Å²) in [4.78, 5) is 25.4. The Balaban J connectivity index is 2.12. The van der Waals surface area contributed by atoms with E-state index in [1.165, 1.54) is 11.0 Å². The molecule has 0 aliphatic carbocycles. The maximum atomic E-state index is 14.1. The molecule has 21 heavy (non-hydrogen) atoms. The van der Waals surface area contributed by atoms with Gasteiger partial charge in [-0.15, -0.1) is 0 Å². The lowest BCUT2D eigenvalue weighted by Crippen LogP contribution is -2.30. The van der Waals surface area contributed by atoms with Crippen LogP contribution in [0.5, 0.6) is 0 Å². The summed E-state index contributed by atoms with van der Waals surface area (Å²) in [5.41, 5.74) is 1.57. The van der Waals surface area contributed by atoms with Crippen molar-refractivity contribution in [1.82, 2.24) is 5.32 Å². The van der Waals surface area contributed by atoms with Crippen molar-refractivity contribution in [2.24, 2.45) is 0 Å². The number of nitrogens with one attached hydrogen (secondary N) is 1. The van der Waals surface area contributed by atoms with Gasteiger partial charge < -0.3 is 0 Å². The first-order chi connectivity index (χ1) is 10.1. The summed E-state index contributed by atoms with van der Waals surface area (Å²) in [6.45, 7) is 1.81. The number of carbonyl (C=O) groups excluding carboxylic acids is 2. The number of nitrogens with zero attached hydrogens (tertiary/aromatic N) is 1. The minimum absolute atomic E-state index is 0.196. The molecule has 3 amide bonds. The van der Waals surface area contributed by atoms with Crippen molar-refractivity contribution in [1.29, 1.82) is 0 Å². The second-order valence-electron chi connectivity index (χ2n) is 4.93. The molecule has 2 aromatic rings. The summed E-state index contributed by atoms with van der Waals surface area (Å²) in [6, 6.07) is 11.7. The maximum Gasteiger partial charge on any atom is 0.329 e. The first-order valence-electron chi connectivity index (χ1n) is 6.53. The van der Waals surface area contributed by atoms with Crippen LogP contribution in [0.4, 0.5) is 14.9 Å². The zero-order chi connectivity index (χ0) is 15.0. The third-order valence-electron chi connectivity index (χ3n) is 3.44. The van der Waals surface area contributed by atoms with E-state index < -0.39 is 23.8 Å². The molecule has 1 saturated heterocycles. The van der Waals surface area contributed by atoms with E-state index in [0.717, 1.165) is 5.56 Å². The van der Waals surface area contributed by atoms with E-state index >= 15 is 0 Å². The molecule has 0 radical (unpaired) electrons. The average molecular weight is 284 g/mol. The van der Waals surface area contributed by atoms with Gasteiger partial charge in [-0.05, 0) is 25.1 Å². The highest BCUT2D eigenvalue weighted by Gasteiger charge is 2.41. The van der Waals surface area contributed by atoms with Gasteiger partial charge in [-0.2, -0.15) is 0 Å². The van der Waals surface area contributed by atoms with Gasteiger partial charge in [0.05, 0.1) is 0 Å². The first kappa shape index (κ1) is 13.3. The Morgan fingerprint density at radius 2 is 1.81 bits per heavy atom. The van der Waals surface area contributed by atoms with Gasteiger partial charge in [-0.3, -0.25) is 15.0 Å². The van der Waals surface area contributed by atoms with Crippen molar-refractivity contribution in [2.45, 2.75) is 13.0 Å². The molecule has 0 spiro atoms. The molecule has 1 fully saturated rings. The number of aryl methyl sites for hydroxylation is 1. The number of urea groups is 1. The Morgan fingerprint density at radius 1 is 1.10 bits per heavy atom. The van der Waals surface area contributed by atoms with Crippen LogP contribution >= 0.6 is 0 Å². The lowest BCUT2D eigenvalue weighted by molar-refractivity contribution is -0.120. The Hall–Kier alpha value is -2.69. The molecule has 4 nitrogen and oxygen atoms in total. The number of carbonyl (C=O) groups is 2. The van der Waals surface area contributed by atoms with Crippen molar-refractivity contribution in [3.05, 3.63) is 65.5 Å². The van der Waals surface area contributed by atoms with E-state index in [9.17, 15) is 14.0 Å². The second-order valence-corrected chi connectivity index (χ2v) is 4.93. The van der Waals surface area contributed by atoms with E-state index in [1.807, 2.05) is 13.0 Å². The highest BCUT2D eigenvalue weighted by atomic mass is 19.1. The van der Waals surface area contributed by atoms with Crippen LogP contribution in [0.1, 0.15) is 17.2 Å². The van der Waals surface area contributed by atoms with Crippen molar-refractivity contribution < 1.29 is 14.0 Å². The lowest BCUT2D eigenvalue weighted by atomic mass is 10.0. The van der Waals surface area contributed by atoms with Crippen molar-refractivity contribution in [3.8, 4) is 0 Å². The van der Waals surface area contributed by atoms with E-state index in [1.54, 1.807) is 36.4 Å². The summed E-state index contributed by atoms with van der Waals surface area (Å²) < 4.78 is 14.1. The van der Waals surface area contributed by atoms with Crippen LogP contribution in [0, 0.1) is 12.7 Å². The summed E-state index contributed by atoms with van der Waals surface area (Å²) in [6.07, 6.45) is 0. The monoisotopic (exact) mass is 284 g/mol. The molecule has 0 saturated carbocycles. The van der Waals surface area contributed by atoms with Gasteiger partial charge in [0.1, 0.15) is 11.9 Å². The van der Waals surface area contributed by atoms with E-state index in [-0.39, 0.29) is 5.56 Å². The molecule has 1 aliphatic heterocycles. The topological polar surface area (TPSA) is 49.4 Å². The fourth-order valence-electron chi connectivity index (χ4n) is 2.48. The smallest absolute Gasteiger partial charge is 0.277 e. The number of amides is 3. The molecule has 2 aromatic carbocycles. The SMILES string of the molecule is Cc1ccc(F)c(C2C(=O)NC(=O)N2c2ccccc2)c1. The van der Waals surface area contributed by atoms with Crippen LogP contribution < -0.4 is 10.2 Å². The molecular weight excluding hydrogens is 271 g/mol. The van der Waals surface area contributed by atoms with Gasteiger partial charge in [0.15, 0.2) is 0 Å². The highest BCUT2D eigenvalue weighted by Crippen LogP contribution is 2.32. The van der Waals surface area contributed by atoms with Crippen molar-refractivity contribution in [2.75, 3.05) is 4.90 Å². The van der Waals surface area contributed by atoms with E-state index in [0.29, 0.717) is 5.69 Å². The number of imide groups is 1.